The monoisotopic (exact) mass is 213 g/mol. The molecule has 0 aromatic heterocycles. The lowest BCUT2D eigenvalue weighted by Crippen LogP contribution is -2.60. The second kappa shape index (κ2) is 3.08. The number of nitrogens with zero attached hydrogens (tertiary/aromatic N) is 1. The van der Waals surface area contributed by atoms with Crippen molar-refractivity contribution in [1.29, 1.82) is 0 Å². The van der Waals surface area contributed by atoms with Gasteiger partial charge in [0.2, 0.25) is 0 Å². The van der Waals surface area contributed by atoms with Crippen LogP contribution in [0.25, 0.3) is 0 Å². The minimum atomic E-state index is -3.90. The Balaban J connectivity index is 2.78. The molecule has 0 amide bonds. The molecule has 5 heteroatoms. The zero-order chi connectivity index (χ0) is 11.2. The van der Waals surface area contributed by atoms with Crippen LogP contribution in [0.2, 0.25) is 0 Å². The Morgan fingerprint density at radius 3 is 1.86 bits per heavy atom. The van der Waals surface area contributed by atoms with Gasteiger partial charge in [0.15, 0.2) is 0 Å². The number of halogens is 4. The van der Waals surface area contributed by atoms with Crippen LogP contribution in [0.1, 0.15) is 27.2 Å². The summed E-state index contributed by atoms with van der Waals surface area (Å²) in [7, 11) is 0. The zero-order valence-electron chi connectivity index (χ0n) is 8.58. The molecule has 1 aliphatic rings. The normalized spacial score (nSPS) is 27.6. The molecule has 1 heterocycles. The quantitative estimate of drug-likeness (QED) is 0.559. The Bertz CT molecular complexity index is 219. The lowest BCUT2D eigenvalue weighted by atomic mass is 9.96. The van der Waals surface area contributed by atoms with Crippen LogP contribution >= 0.6 is 0 Å². The van der Waals surface area contributed by atoms with E-state index in [9.17, 15) is 17.6 Å². The Morgan fingerprint density at radius 1 is 1.00 bits per heavy atom. The van der Waals surface area contributed by atoms with Gasteiger partial charge < -0.3 is 0 Å². The molecule has 84 valence electrons. The maximum atomic E-state index is 13.0. The Labute approximate surface area is 81.1 Å². The molecule has 0 saturated carbocycles. The van der Waals surface area contributed by atoms with Gasteiger partial charge in [0.05, 0.1) is 6.54 Å². The van der Waals surface area contributed by atoms with E-state index < -0.39 is 30.3 Å². The van der Waals surface area contributed by atoms with Gasteiger partial charge in [-0.3, -0.25) is 4.90 Å². The van der Waals surface area contributed by atoms with Gasteiger partial charge in [0.1, 0.15) is 0 Å². The van der Waals surface area contributed by atoms with Gasteiger partial charge in [-0.25, -0.2) is 0 Å². The molecule has 1 rings (SSSR count). The summed E-state index contributed by atoms with van der Waals surface area (Å²) in [5, 5.41) is 0. The molecule has 1 nitrogen and oxygen atoms in total. The molecule has 1 saturated heterocycles. The molecule has 1 aliphatic heterocycles. The van der Waals surface area contributed by atoms with Crippen molar-refractivity contribution in [1.82, 2.24) is 4.90 Å². The number of hydrogen-bond donors (Lipinski definition) is 0. The summed E-state index contributed by atoms with van der Waals surface area (Å²) in [6, 6.07) is 0. The van der Waals surface area contributed by atoms with E-state index in [4.69, 9.17) is 0 Å². The molecule has 0 N–H and O–H groups in total. The molecule has 0 aromatic carbocycles. The summed E-state index contributed by atoms with van der Waals surface area (Å²) in [4.78, 5) is 1.39. The van der Waals surface area contributed by atoms with Crippen LogP contribution in [-0.4, -0.2) is 35.4 Å². The van der Waals surface area contributed by atoms with Crippen molar-refractivity contribution in [2.75, 3.05) is 13.1 Å². The van der Waals surface area contributed by atoms with Crippen molar-refractivity contribution in [3.63, 3.8) is 0 Å². The van der Waals surface area contributed by atoms with Crippen molar-refractivity contribution in [2.24, 2.45) is 0 Å². The Kier molecular flexibility index (Phi) is 2.59. The standard InChI is InChI=1S/C9H15F4N/c1-7(2,3)14-5-4-8(10,11)9(12,13)6-14/h4-6H2,1-3H3. The van der Waals surface area contributed by atoms with Gasteiger partial charge in [-0.05, 0) is 20.8 Å². The third-order valence-electron chi connectivity index (χ3n) is 2.57. The van der Waals surface area contributed by atoms with Crippen LogP contribution in [0, 0.1) is 0 Å². The van der Waals surface area contributed by atoms with Crippen LogP contribution in [0.4, 0.5) is 17.6 Å². The first-order valence-corrected chi connectivity index (χ1v) is 4.57. The van der Waals surface area contributed by atoms with E-state index in [1.807, 2.05) is 0 Å². The average molecular weight is 213 g/mol. The number of alkyl halides is 4. The third kappa shape index (κ3) is 2.02. The van der Waals surface area contributed by atoms with Crippen LogP contribution in [0.15, 0.2) is 0 Å². The first-order valence-electron chi connectivity index (χ1n) is 4.57. The van der Waals surface area contributed by atoms with E-state index in [1.165, 1.54) is 4.90 Å². The summed E-state index contributed by atoms with van der Waals surface area (Å²) >= 11 is 0. The molecule has 0 bridgehead atoms. The molecule has 0 aromatic rings. The fourth-order valence-corrected chi connectivity index (χ4v) is 1.47. The first-order chi connectivity index (χ1) is 6.06. The van der Waals surface area contributed by atoms with E-state index >= 15 is 0 Å². The molecule has 0 spiro atoms. The molecule has 0 atom stereocenters. The Hall–Kier alpha value is -0.320. The SMILES string of the molecule is CC(C)(C)N1CCC(F)(F)C(F)(F)C1. The van der Waals surface area contributed by atoms with E-state index in [1.54, 1.807) is 20.8 Å². The molecule has 0 radical (unpaired) electrons. The second-order valence-electron chi connectivity index (χ2n) is 4.75. The van der Waals surface area contributed by atoms with Gasteiger partial charge >= 0.3 is 11.8 Å². The molecule has 1 fully saturated rings. The summed E-state index contributed by atoms with van der Waals surface area (Å²) in [5.74, 6) is -7.76. The van der Waals surface area contributed by atoms with Crippen LogP contribution < -0.4 is 0 Å². The van der Waals surface area contributed by atoms with Gasteiger partial charge in [-0.2, -0.15) is 17.6 Å². The van der Waals surface area contributed by atoms with Crippen molar-refractivity contribution in [3.8, 4) is 0 Å². The maximum absolute atomic E-state index is 13.0. The third-order valence-corrected chi connectivity index (χ3v) is 2.57. The topological polar surface area (TPSA) is 3.24 Å². The molecule has 0 aliphatic carbocycles. The molecular formula is C9H15F4N. The number of likely N-dealkylation sites (tertiary alicyclic amines) is 1. The fourth-order valence-electron chi connectivity index (χ4n) is 1.47. The minimum Gasteiger partial charge on any atom is -0.292 e. The predicted molar refractivity (Wildman–Crippen MR) is 45.8 cm³/mol. The van der Waals surface area contributed by atoms with Gasteiger partial charge in [-0.1, -0.05) is 0 Å². The van der Waals surface area contributed by atoms with E-state index in [-0.39, 0.29) is 6.54 Å². The highest BCUT2D eigenvalue weighted by molar-refractivity contribution is 4.96. The van der Waals surface area contributed by atoms with Crippen molar-refractivity contribution in [2.45, 2.75) is 44.6 Å². The highest BCUT2D eigenvalue weighted by Crippen LogP contribution is 2.42. The molecule has 0 unspecified atom stereocenters. The first kappa shape index (κ1) is 11.8. The fraction of sp³-hybridized carbons (Fsp3) is 1.00. The minimum absolute atomic E-state index is 0.0199. The van der Waals surface area contributed by atoms with Crippen molar-refractivity contribution >= 4 is 0 Å². The highest BCUT2D eigenvalue weighted by atomic mass is 19.3. The summed E-state index contributed by atoms with van der Waals surface area (Å²) < 4.78 is 51.5. The van der Waals surface area contributed by atoms with Crippen LogP contribution in [-0.2, 0) is 0 Å². The van der Waals surface area contributed by atoms with Crippen molar-refractivity contribution < 1.29 is 17.6 Å². The number of hydrogen-bond acceptors (Lipinski definition) is 1. The summed E-state index contributed by atoms with van der Waals surface area (Å²) in [5.41, 5.74) is -0.486. The predicted octanol–water partition coefficient (Wildman–Crippen LogP) is 2.76. The van der Waals surface area contributed by atoms with Crippen molar-refractivity contribution in [3.05, 3.63) is 0 Å². The summed E-state index contributed by atoms with van der Waals surface area (Å²) in [6.07, 6.45) is -0.767. The lowest BCUT2D eigenvalue weighted by Gasteiger charge is -2.44. The smallest absolute Gasteiger partial charge is 0.292 e. The Morgan fingerprint density at radius 2 is 1.50 bits per heavy atom. The zero-order valence-corrected chi connectivity index (χ0v) is 8.58. The number of rotatable bonds is 0. The van der Waals surface area contributed by atoms with Gasteiger partial charge in [0.25, 0.3) is 0 Å². The van der Waals surface area contributed by atoms with Gasteiger partial charge in [0, 0.05) is 18.5 Å². The second-order valence-corrected chi connectivity index (χ2v) is 4.75. The molecule has 14 heavy (non-hydrogen) atoms. The van der Waals surface area contributed by atoms with Crippen LogP contribution in [0.5, 0.6) is 0 Å². The van der Waals surface area contributed by atoms with E-state index in [0.717, 1.165) is 0 Å². The lowest BCUT2D eigenvalue weighted by molar-refractivity contribution is -0.247. The van der Waals surface area contributed by atoms with E-state index in [0.29, 0.717) is 0 Å². The maximum Gasteiger partial charge on any atom is 0.322 e. The average Bonchev–Trinajstić information content (AvgIpc) is 1.92. The molecular weight excluding hydrogens is 198 g/mol. The summed E-state index contributed by atoms with van der Waals surface area (Å²) in [6.45, 7) is 4.39. The van der Waals surface area contributed by atoms with Crippen LogP contribution in [0.3, 0.4) is 0 Å². The van der Waals surface area contributed by atoms with E-state index in [2.05, 4.69) is 0 Å². The highest BCUT2D eigenvalue weighted by Gasteiger charge is 2.59. The van der Waals surface area contributed by atoms with Gasteiger partial charge in [-0.15, -0.1) is 0 Å². The number of piperidine rings is 1. The largest absolute Gasteiger partial charge is 0.322 e.